The van der Waals surface area contributed by atoms with E-state index in [-0.39, 0.29) is 23.6 Å². The molecule has 3 heterocycles. The van der Waals surface area contributed by atoms with E-state index < -0.39 is 12.0 Å². The zero-order chi connectivity index (χ0) is 21.6. The molecular weight excluding hydrogens is 397 g/mol. The first kappa shape index (κ1) is 20.6. The number of amides is 1. The van der Waals surface area contributed by atoms with Crippen molar-refractivity contribution >= 4 is 5.91 Å². The minimum atomic E-state index is -4.62. The Hall–Kier alpha value is -2.68. The van der Waals surface area contributed by atoms with Gasteiger partial charge in [0.05, 0.1) is 12.7 Å². The summed E-state index contributed by atoms with van der Waals surface area (Å²) in [6.45, 7) is 6.21. The first-order valence-corrected chi connectivity index (χ1v) is 9.76. The molecule has 2 bridgehead atoms. The van der Waals surface area contributed by atoms with E-state index in [2.05, 4.69) is 27.9 Å². The number of benzene rings is 1. The fourth-order valence-corrected chi connectivity index (χ4v) is 4.41. The van der Waals surface area contributed by atoms with Crippen LogP contribution in [0.4, 0.5) is 13.2 Å². The molecule has 0 spiro atoms. The van der Waals surface area contributed by atoms with Crippen LogP contribution in [0.5, 0.6) is 5.75 Å². The van der Waals surface area contributed by atoms with Crippen LogP contribution in [0.1, 0.15) is 39.3 Å². The van der Waals surface area contributed by atoms with Crippen LogP contribution < -0.4 is 4.74 Å². The number of carbonyl (C=O) groups is 1. The number of aromatic nitrogens is 2. The molecule has 1 amide bonds. The quantitative estimate of drug-likeness (QED) is 0.760. The maximum absolute atomic E-state index is 12.8. The number of hydrogen-bond donors (Lipinski definition) is 0. The Morgan fingerprint density at radius 3 is 2.40 bits per heavy atom. The van der Waals surface area contributed by atoms with Gasteiger partial charge in [-0.05, 0) is 43.0 Å². The molecule has 0 radical (unpaired) electrons. The van der Waals surface area contributed by atoms with Crippen molar-refractivity contribution in [1.29, 1.82) is 0 Å². The van der Waals surface area contributed by atoms with Crippen molar-refractivity contribution in [3.05, 3.63) is 52.6 Å². The van der Waals surface area contributed by atoms with E-state index >= 15 is 0 Å². The summed E-state index contributed by atoms with van der Waals surface area (Å²) in [7, 11) is 1.66. The molecular formula is C21H23F3N4O2. The lowest BCUT2D eigenvalue weighted by Gasteiger charge is -2.34. The standard InChI is InChI=1S/C21H23F3N4O2/c1-12-13(2)18(30-3)5-4-14(12)9-27-10-17-6-16(27)11-28(17)19(29)15-7-25-20(26-8-15)21(22,23)24/h4-5,7-8,16-17H,6,9-11H2,1-3H3/t16-,17-/m0/s1. The summed E-state index contributed by atoms with van der Waals surface area (Å²) < 4.78 is 43.3. The number of piperazine rings is 1. The first-order valence-electron chi connectivity index (χ1n) is 9.76. The number of carbonyl (C=O) groups excluding carboxylic acids is 1. The van der Waals surface area contributed by atoms with Gasteiger partial charge in [0.15, 0.2) is 0 Å². The fourth-order valence-electron chi connectivity index (χ4n) is 4.41. The molecule has 2 aliphatic heterocycles. The summed E-state index contributed by atoms with van der Waals surface area (Å²) in [4.78, 5) is 23.5. The number of fused-ring (bicyclic) bond motifs is 2. The predicted octanol–water partition coefficient (Wildman–Crippen LogP) is 3.22. The van der Waals surface area contributed by atoms with E-state index in [9.17, 15) is 18.0 Å². The lowest BCUT2D eigenvalue weighted by atomic mass is 10.0. The molecule has 0 aliphatic carbocycles. The summed E-state index contributed by atoms with van der Waals surface area (Å²) in [5.41, 5.74) is 3.64. The van der Waals surface area contributed by atoms with E-state index in [1.807, 2.05) is 13.0 Å². The molecule has 2 fully saturated rings. The highest BCUT2D eigenvalue weighted by molar-refractivity contribution is 5.94. The van der Waals surface area contributed by atoms with Crippen molar-refractivity contribution in [2.75, 3.05) is 20.2 Å². The van der Waals surface area contributed by atoms with Crippen LogP contribution >= 0.6 is 0 Å². The molecule has 9 heteroatoms. The third-order valence-corrected chi connectivity index (χ3v) is 6.21. The fraction of sp³-hybridized carbons (Fsp3) is 0.476. The third-order valence-electron chi connectivity index (χ3n) is 6.21. The number of alkyl halides is 3. The second kappa shape index (κ2) is 7.54. The minimum absolute atomic E-state index is 0.0458. The van der Waals surface area contributed by atoms with Crippen LogP contribution in [0, 0.1) is 13.8 Å². The van der Waals surface area contributed by atoms with E-state index in [0.29, 0.717) is 6.54 Å². The van der Waals surface area contributed by atoms with Crippen LogP contribution in [0.3, 0.4) is 0 Å². The van der Waals surface area contributed by atoms with E-state index in [0.717, 1.165) is 43.2 Å². The Kier molecular flexibility index (Phi) is 5.17. The van der Waals surface area contributed by atoms with Crippen LogP contribution in [-0.4, -0.2) is 58.0 Å². The second-order valence-corrected chi connectivity index (χ2v) is 7.90. The Balaban J connectivity index is 1.42. The SMILES string of the molecule is COc1ccc(CN2C[C@@H]3C[C@H]2CN3C(=O)c2cnc(C(F)(F)F)nc2)c(C)c1C. The molecule has 2 aromatic rings. The number of hydrogen-bond acceptors (Lipinski definition) is 5. The van der Waals surface area contributed by atoms with Gasteiger partial charge < -0.3 is 9.64 Å². The van der Waals surface area contributed by atoms with Gasteiger partial charge in [0.1, 0.15) is 5.75 Å². The van der Waals surface area contributed by atoms with Crippen molar-refractivity contribution in [2.45, 2.75) is 45.1 Å². The predicted molar refractivity (Wildman–Crippen MR) is 103 cm³/mol. The number of nitrogens with zero attached hydrogens (tertiary/aromatic N) is 4. The summed E-state index contributed by atoms with van der Waals surface area (Å²) >= 11 is 0. The highest BCUT2D eigenvalue weighted by atomic mass is 19.4. The first-order chi connectivity index (χ1) is 14.2. The van der Waals surface area contributed by atoms with Gasteiger partial charge >= 0.3 is 6.18 Å². The minimum Gasteiger partial charge on any atom is -0.496 e. The number of rotatable bonds is 4. The lowest BCUT2D eigenvalue weighted by molar-refractivity contribution is -0.145. The number of halogens is 3. The summed E-state index contributed by atoms with van der Waals surface area (Å²) in [6, 6.07) is 4.34. The largest absolute Gasteiger partial charge is 0.496 e. The van der Waals surface area contributed by atoms with Gasteiger partial charge in [-0.2, -0.15) is 13.2 Å². The Morgan fingerprint density at radius 2 is 1.83 bits per heavy atom. The molecule has 1 aromatic heterocycles. The number of methoxy groups -OCH3 is 1. The molecule has 2 saturated heterocycles. The van der Waals surface area contributed by atoms with E-state index in [1.165, 1.54) is 11.1 Å². The maximum Gasteiger partial charge on any atom is 0.451 e. The summed E-state index contributed by atoms with van der Waals surface area (Å²) in [5.74, 6) is -0.680. The normalized spacial score (nSPS) is 21.3. The zero-order valence-electron chi connectivity index (χ0n) is 17.0. The van der Waals surface area contributed by atoms with E-state index in [1.54, 1.807) is 12.0 Å². The average Bonchev–Trinajstić information content (AvgIpc) is 3.31. The molecule has 6 nitrogen and oxygen atoms in total. The highest BCUT2D eigenvalue weighted by Crippen LogP contribution is 2.34. The molecule has 30 heavy (non-hydrogen) atoms. The van der Waals surface area contributed by atoms with Gasteiger partial charge in [-0.1, -0.05) is 6.07 Å². The number of ether oxygens (including phenoxy) is 1. The highest BCUT2D eigenvalue weighted by Gasteiger charge is 2.45. The lowest BCUT2D eigenvalue weighted by Crippen LogP contribution is -2.48. The Labute approximate surface area is 172 Å². The summed E-state index contributed by atoms with van der Waals surface area (Å²) in [6.07, 6.45) is -1.83. The van der Waals surface area contributed by atoms with Crippen molar-refractivity contribution in [3.63, 3.8) is 0 Å². The molecule has 0 N–H and O–H groups in total. The third kappa shape index (κ3) is 3.62. The van der Waals surface area contributed by atoms with Gasteiger partial charge in [0, 0.05) is 44.1 Å². The van der Waals surface area contributed by atoms with Gasteiger partial charge in [0.25, 0.3) is 5.91 Å². The second-order valence-electron chi connectivity index (χ2n) is 7.90. The van der Waals surface area contributed by atoms with Crippen molar-refractivity contribution in [2.24, 2.45) is 0 Å². The Morgan fingerprint density at radius 1 is 1.13 bits per heavy atom. The van der Waals surface area contributed by atoms with Crippen molar-refractivity contribution in [3.8, 4) is 5.75 Å². The zero-order valence-corrected chi connectivity index (χ0v) is 17.0. The monoisotopic (exact) mass is 420 g/mol. The van der Waals surface area contributed by atoms with E-state index in [4.69, 9.17) is 4.74 Å². The molecule has 2 aliphatic rings. The van der Waals surface area contributed by atoms with Crippen molar-refractivity contribution < 1.29 is 22.7 Å². The topological polar surface area (TPSA) is 58.6 Å². The van der Waals surface area contributed by atoms with Gasteiger partial charge in [0.2, 0.25) is 5.82 Å². The Bertz CT molecular complexity index is 962. The van der Waals surface area contributed by atoms with Crippen LogP contribution in [0.15, 0.2) is 24.5 Å². The van der Waals surface area contributed by atoms with Crippen LogP contribution in [0.2, 0.25) is 0 Å². The van der Waals surface area contributed by atoms with Crippen molar-refractivity contribution in [1.82, 2.24) is 19.8 Å². The summed E-state index contributed by atoms with van der Waals surface area (Å²) in [5, 5.41) is 0. The van der Waals surface area contributed by atoms with Gasteiger partial charge in [-0.3, -0.25) is 9.69 Å². The average molecular weight is 420 g/mol. The number of likely N-dealkylation sites (tertiary alicyclic amines) is 2. The molecule has 160 valence electrons. The van der Waals surface area contributed by atoms with Crippen LogP contribution in [0.25, 0.3) is 0 Å². The molecule has 0 saturated carbocycles. The van der Waals surface area contributed by atoms with Gasteiger partial charge in [-0.25, -0.2) is 9.97 Å². The molecule has 2 atom stereocenters. The van der Waals surface area contributed by atoms with Gasteiger partial charge in [-0.15, -0.1) is 0 Å². The van der Waals surface area contributed by atoms with Crippen LogP contribution in [-0.2, 0) is 12.7 Å². The molecule has 4 rings (SSSR count). The maximum atomic E-state index is 12.8. The molecule has 0 unspecified atom stereocenters. The molecule has 1 aromatic carbocycles. The smallest absolute Gasteiger partial charge is 0.451 e.